The van der Waals surface area contributed by atoms with Crippen molar-refractivity contribution in [3.63, 3.8) is 0 Å². The molecule has 0 fully saturated rings. The molecule has 0 atom stereocenters. The van der Waals surface area contributed by atoms with Gasteiger partial charge >= 0.3 is 0 Å². The molecule has 6 nitrogen and oxygen atoms in total. The van der Waals surface area contributed by atoms with Crippen molar-refractivity contribution in [1.82, 2.24) is 15.3 Å². The van der Waals surface area contributed by atoms with Crippen molar-refractivity contribution in [2.45, 2.75) is 38.6 Å². The summed E-state index contributed by atoms with van der Waals surface area (Å²) in [4.78, 5) is 23.9. The van der Waals surface area contributed by atoms with E-state index < -0.39 is 0 Å². The van der Waals surface area contributed by atoms with E-state index in [1.54, 1.807) is 6.07 Å². The van der Waals surface area contributed by atoms with E-state index in [1.165, 1.54) is 11.8 Å². The Balaban J connectivity index is 1.76. The highest BCUT2D eigenvalue weighted by molar-refractivity contribution is 7.98. The number of amides is 1. The predicted molar refractivity (Wildman–Crippen MR) is 126 cm³/mol. The fourth-order valence-corrected chi connectivity index (χ4v) is 3.79. The van der Waals surface area contributed by atoms with Gasteiger partial charge in [-0.2, -0.15) is 0 Å². The number of anilines is 1. The summed E-state index contributed by atoms with van der Waals surface area (Å²) in [5, 5.41) is 3.56. The first-order chi connectivity index (χ1) is 15.0. The molecule has 2 aromatic heterocycles. The van der Waals surface area contributed by atoms with E-state index >= 15 is 0 Å². The van der Waals surface area contributed by atoms with Gasteiger partial charge in [0, 0.05) is 31.3 Å². The number of hydrogen-bond donors (Lipinski definition) is 1. The zero-order valence-electron chi connectivity index (χ0n) is 18.6. The molecule has 31 heavy (non-hydrogen) atoms. The monoisotopic (exact) mass is 438 g/mol. The number of carbonyl (C=O) groups excluding carboxylic acids is 1. The summed E-state index contributed by atoms with van der Waals surface area (Å²) in [7, 11) is 0. The van der Waals surface area contributed by atoms with E-state index in [4.69, 9.17) is 14.4 Å². The molecule has 0 spiro atoms. The molecular formula is C24H30N4O2S. The minimum absolute atomic E-state index is 0.184. The third-order valence-electron chi connectivity index (χ3n) is 4.75. The molecule has 0 unspecified atom stereocenters. The molecule has 0 saturated carbocycles. The van der Waals surface area contributed by atoms with Crippen LogP contribution in [0.3, 0.4) is 0 Å². The standard InChI is InChI=1S/C24H30N4O2S/c1-5-28(6-2)22-14-20(18-10-8-7-9-11-18)26-24(27-22)31-16-19-12-13-21(30-19)23(29)25-15-17(3)4/h7-14,17H,5-6,15-16H2,1-4H3,(H,25,29). The summed E-state index contributed by atoms with van der Waals surface area (Å²) in [5.41, 5.74) is 1.95. The molecule has 7 heteroatoms. The molecule has 0 radical (unpaired) electrons. The molecule has 0 saturated heterocycles. The Kier molecular flexibility index (Phi) is 8.12. The van der Waals surface area contributed by atoms with Crippen LogP contribution in [0.25, 0.3) is 11.3 Å². The van der Waals surface area contributed by atoms with Crippen molar-refractivity contribution >= 4 is 23.5 Å². The van der Waals surface area contributed by atoms with Crippen LogP contribution >= 0.6 is 11.8 Å². The molecule has 3 aromatic rings. The van der Waals surface area contributed by atoms with Crippen molar-refractivity contribution in [1.29, 1.82) is 0 Å². The minimum atomic E-state index is -0.184. The quantitative estimate of drug-likeness (QED) is 0.344. The van der Waals surface area contributed by atoms with Gasteiger partial charge in [-0.3, -0.25) is 4.79 Å². The number of thioether (sulfide) groups is 1. The van der Waals surface area contributed by atoms with E-state index in [2.05, 4.69) is 50.0 Å². The number of carbonyl (C=O) groups is 1. The average molecular weight is 439 g/mol. The van der Waals surface area contributed by atoms with Gasteiger partial charge in [0.2, 0.25) is 0 Å². The predicted octanol–water partition coefficient (Wildman–Crippen LogP) is 5.26. The van der Waals surface area contributed by atoms with Gasteiger partial charge in [0.25, 0.3) is 5.91 Å². The number of hydrogen-bond acceptors (Lipinski definition) is 6. The summed E-state index contributed by atoms with van der Waals surface area (Å²) in [6.45, 7) is 10.7. The maximum absolute atomic E-state index is 12.2. The van der Waals surface area contributed by atoms with E-state index in [0.29, 0.717) is 29.1 Å². The molecule has 0 aliphatic carbocycles. The summed E-state index contributed by atoms with van der Waals surface area (Å²) in [5.74, 6) is 2.72. The van der Waals surface area contributed by atoms with E-state index in [9.17, 15) is 4.79 Å². The van der Waals surface area contributed by atoms with Crippen LogP contribution in [0.4, 0.5) is 5.82 Å². The SMILES string of the molecule is CCN(CC)c1cc(-c2ccccc2)nc(SCc2ccc(C(=O)NCC(C)C)o2)n1. The van der Waals surface area contributed by atoms with E-state index in [1.807, 2.05) is 30.3 Å². The van der Waals surface area contributed by atoms with E-state index in [0.717, 1.165) is 35.9 Å². The zero-order valence-corrected chi connectivity index (χ0v) is 19.4. The molecule has 0 bridgehead atoms. The van der Waals surface area contributed by atoms with Gasteiger partial charge in [0.15, 0.2) is 10.9 Å². The lowest BCUT2D eigenvalue weighted by Gasteiger charge is -2.20. The molecule has 0 aliphatic rings. The molecule has 3 rings (SSSR count). The Hall–Kier alpha value is -2.80. The highest BCUT2D eigenvalue weighted by Gasteiger charge is 2.14. The number of furan rings is 1. The number of aromatic nitrogens is 2. The molecule has 0 aliphatic heterocycles. The lowest BCUT2D eigenvalue weighted by atomic mass is 10.1. The van der Waals surface area contributed by atoms with Gasteiger partial charge in [0.05, 0.1) is 11.4 Å². The van der Waals surface area contributed by atoms with Crippen LogP contribution in [0.2, 0.25) is 0 Å². The maximum Gasteiger partial charge on any atom is 0.287 e. The maximum atomic E-state index is 12.2. The van der Waals surface area contributed by atoms with Crippen molar-refractivity contribution in [3.8, 4) is 11.3 Å². The average Bonchev–Trinajstić information content (AvgIpc) is 3.26. The Morgan fingerprint density at radius 2 is 1.84 bits per heavy atom. The Morgan fingerprint density at radius 3 is 2.52 bits per heavy atom. The van der Waals surface area contributed by atoms with Crippen molar-refractivity contribution in [2.24, 2.45) is 5.92 Å². The third-order valence-corrected chi connectivity index (χ3v) is 5.62. The topological polar surface area (TPSA) is 71.3 Å². The van der Waals surface area contributed by atoms with Gasteiger partial charge in [-0.15, -0.1) is 0 Å². The van der Waals surface area contributed by atoms with Gasteiger partial charge in [0.1, 0.15) is 11.6 Å². The first-order valence-electron chi connectivity index (χ1n) is 10.7. The lowest BCUT2D eigenvalue weighted by molar-refractivity contribution is 0.0920. The van der Waals surface area contributed by atoms with Crippen LogP contribution in [0.1, 0.15) is 44.0 Å². The second kappa shape index (κ2) is 11.0. The number of rotatable bonds is 10. The first-order valence-corrected chi connectivity index (χ1v) is 11.7. The number of benzene rings is 1. The minimum Gasteiger partial charge on any atom is -0.455 e. The molecule has 1 aromatic carbocycles. The molecule has 164 valence electrons. The number of nitrogens with zero attached hydrogens (tertiary/aromatic N) is 3. The molecule has 1 N–H and O–H groups in total. The van der Waals surface area contributed by atoms with Crippen molar-refractivity contribution < 1.29 is 9.21 Å². The normalized spacial score (nSPS) is 11.0. The van der Waals surface area contributed by atoms with Crippen LogP contribution in [-0.4, -0.2) is 35.5 Å². The van der Waals surface area contributed by atoms with Gasteiger partial charge in [-0.05, 0) is 31.9 Å². The van der Waals surface area contributed by atoms with Crippen molar-refractivity contribution in [3.05, 3.63) is 60.1 Å². The van der Waals surface area contributed by atoms with Crippen LogP contribution in [0.5, 0.6) is 0 Å². The summed E-state index contributed by atoms with van der Waals surface area (Å²) >= 11 is 1.50. The Bertz CT molecular complexity index is 984. The Labute approximate surface area is 188 Å². The van der Waals surface area contributed by atoms with Gasteiger partial charge in [-0.25, -0.2) is 9.97 Å². The van der Waals surface area contributed by atoms with Crippen LogP contribution in [-0.2, 0) is 5.75 Å². The fourth-order valence-electron chi connectivity index (χ4n) is 3.04. The largest absolute Gasteiger partial charge is 0.455 e. The fraction of sp³-hybridized carbons (Fsp3) is 0.375. The highest BCUT2D eigenvalue weighted by atomic mass is 32.2. The summed E-state index contributed by atoms with van der Waals surface area (Å²) < 4.78 is 5.74. The van der Waals surface area contributed by atoms with E-state index in [-0.39, 0.29) is 5.91 Å². The highest BCUT2D eigenvalue weighted by Crippen LogP contribution is 2.27. The Morgan fingerprint density at radius 1 is 1.10 bits per heavy atom. The van der Waals surface area contributed by atoms with Crippen LogP contribution in [0, 0.1) is 5.92 Å². The van der Waals surface area contributed by atoms with Crippen molar-refractivity contribution in [2.75, 3.05) is 24.5 Å². The van der Waals surface area contributed by atoms with Crippen LogP contribution in [0.15, 0.2) is 58.1 Å². The third kappa shape index (κ3) is 6.34. The molecular weight excluding hydrogens is 408 g/mol. The molecule has 2 heterocycles. The van der Waals surface area contributed by atoms with Gasteiger partial charge in [-0.1, -0.05) is 55.9 Å². The second-order valence-corrected chi connectivity index (χ2v) is 8.53. The second-order valence-electron chi connectivity index (χ2n) is 7.59. The molecule has 1 amide bonds. The smallest absolute Gasteiger partial charge is 0.287 e. The summed E-state index contributed by atoms with van der Waals surface area (Å²) in [6, 6.07) is 15.7. The lowest BCUT2D eigenvalue weighted by Crippen LogP contribution is -2.26. The van der Waals surface area contributed by atoms with Crippen LogP contribution < -0.4 is 10.2 Å². The number of nitrogens with one attached hydrogen (secondary N) is 1. The zero-order chi connectivity index (χ0) is 22.2. The first kappa shape index (κ1) is 22.9. The summed E-state index contributed by atoms with van der Waals surface area (Å²) in [6.07, 6.45) is 0. The van der Waals surface area contributed by atoms with Gasteiger partial charge < -0.3 is 14.6 Å².